The highest BCUT2D eigenvalue weighted by molar-refractivity contribution is 6.08. The molecule has 0 saturated heterocycles. The van der Waals surface area contributed by atoms with Crippen LogP contribution in [0.2, 0.25) is 0 Å². The van der Waals surface area contributed by atoms with E-state index in [1.807, 2.05) is 43.3 Å². The monoisotopic (exact) mass is 348 g/mol. The molecule has 132 valence electrons. The van der Waals surface area contributed by atoms with Crippen molar-refractivity contribution in [2.24, 2.45) is 0 Å². The minimum Gasteiger partial charge on any atom is -0.507 e. The topological polar surface area (TPSA) is 65.6 Å². The second-order valence-electron chi connectivity index (χ2n) is 6.50. The van der Waals surface area contributed by atoms with Gasteiger partial charge in [0.2, 0.25) is 0 Å². The number of aromatic nitrogens is 1. The molecule has 0 radical (unpaired) electrons. The quantitative estimate of drug-likeness (QED) is 0.556. The minimum atomic E-state index is -0.235. The van der Waals surface area contributed by atoms with E-state index in [1.54, 1.807) is 18.1 Å². The van der Waals surface area contributed by atoms with Gasteiger partial charge in [-0.15, -0.1) is 0 Å². The van der Waals surface area contributed by atoms with Crippen molar-refractivity contribution < 1.29 is 14.6 Å². The zero-order valence-corrected chi connectivity index (χ0v) is 14.7. The Morgan fingerprint density at radius 2 is 2.12 bits per heavy atom. The van der Waals surface area contributed by atoms with Gasteiger partial charge < -0.3 is 14.8 Å². The molecule has 26 heavy (non-hydrogen) atoms. The third-order valence-electron chi connectivity index (χ3n) is 4.79. The number of carbonyl (C=O) groups is 1. The van der Waals surface area contributed by atoms with E-state index in [4.69, 9.17) is 4.74 Å². The fraction of sp³-hybridized carbons (Fsp3) is 0.190. The van der Waals surface area contributed by atoms with Crippen LogP contribution in [0.4, 0.5) is 5.82 Å². The first-order chi connectivity index (χ1) is 12.6. The summed E-state index contributed by atoms with van der Waals surface area (Å²) in [6.07, 6.45) is 2.06. The van der Waals surface area contributed by atoms with E-state index in [2.05, 4.69) is 4.98 Å². The zero-order valence-electron chi connectivity index (χ0n) is 14.7. The van der Waals surface area contributed by atoms with Crippen molar-refractivity contribution in [1.29, 1.82) is 0 Å². The molecule has 0 saturated carbocycles. The van der Waals surface area contributed by atoms with Crippen LogP contribution in [0, 0.1) is 6.92 Å². The molecule has 4 rings (SSSR count). The predicted octanol–water partition coefficient (Wildman–Crippen LogP) is 3.97. The number of hydrogen-bond donors (Lipinski definition) is 2. The Morgan fingerprint density at radius 1 is 1.27 bits per heavy atom. The molecule has 3 aromatic rings. The minimum absolute atomic E-state index is 0.0232. The molecule has 1 aliphatic rings. The molecule has 1 aliphatic heterocycles. The number of hydrogen-bond acceptors (Lipinski definition) is 3. The summed E-state index contributed by atoms with van der Waals surface area (Å²) in [5.74, 6) is 1.33. The summed E-state index contributed by atoms with van der Waals surface area (Å²) in [7, 11) is 1.64. The highest BCUT2D eigenvalue weighted by atomic mass is 16.5. The molecule has 1 amide bonds. The van der Waals surface area contributed by atoms with Crippen molar-refractivity contribution in [1.82, 2.24) is 4.98 Å². The predicted molar refractivity (Wildman–Crippen MR) is 103 cm³/mol. The second-order valence-corrected chi connectivity index (χ2v) is 6.50. The fourth-order valence-electron chi connectivity index (χ4n) is 3.46. The largest absolute Gasteiger partial charge is 0.507 e. The maximum absolute atomic E-state index is 12.7. The number of nitrogens with zero attached hydrogens (tertiary/aromatic N) is 1. The van der Waals surface area contributed by atoms with Crippen molar-refractivity contribution >= 4 is 28.4 Å². The summed E-state index contributed by atoms with van der Waals surface area (Å²) >= 11 is 0. The van der Waals surface area contributed by atoms with E-state index in [-0.39, 0.29) is 11.7 Å². The van der Waals surface area contributed by atoms with Crippen LogP contribution in [0.25, 0.3) is 16.7 Å². The molecule has 0 unspecified atom stereocenters. The number of H-pyrrole nitrogens is 1. The second kappa shape index (κ2) is 6.26. The number of carbonyl (C=O) groups excluding carboxylic acids is 1. The van der Waals surface area contributed by atoms with Gasteiger partial charge in [-0.3, -0.25) is 9.69 Å². The van der Waals surface area contributed by atoms with Crippen LogP contribution in [0.3, 0.4) is 0 Å². The van der Waals surface area contributed by atoms with Crippen LogP contribution in [0.1, 0.15) is 16.7 Å². The molecule has 0 aliphatic carbocycles. The molecule has 2 heterocycles. The summed E-state index contributed by atoms with van der Waals surface area (Å²) in [5.41, 5.74) is 3.75. The van der Waals surface area contributed by atoms with Gasteiger partial charge in [0.05, 0.1) is 7.11 Å². The molecule has 0 atom stereocenters. The summed E-state index contributed by atoms with van der Waals surface area (Å²) in [6.45, 7) is 2.54. The molecule has 0 bridgehead atoms. The SMILES string of the molecule is COc1ccc2[nH]c3c(c2c1)CCN3C(=O)/C=C(\O)c1cccc(C)c1. The van der Waals surface area contributed by atoms with Crippen molar-refractivity contribution in [2.45, 2.75) is 13.3 Å². The van der Waals surface area contributed by atoms with Gasteiger partial charge >= 0.3 is 0 Å². The average molecular weight is 348 g/mol. The number of amides is 1. The first-order valence-corrected chi connectivity index (χ1v) is 8.54. The maximum Gasteiger partial charge on any atom is 0.255 e. The number of ether oxygens (including phenoxy) is 1. The Hall–Kier alpha value is -3.21. The van der Waals surface area contributed by atoms with E-state index < -0.39 is 0 Å². The fourth-order valence-corrected chi connectivity index (χ4v) is 3.46. The van der Waals surface area contributed by atoms with Gasteiger partial charge in [0, 0.05) is 34.7 Å². The molecule has 1 aromatic heterocycles. The van der Waals surface area contributed by atoms with Crippen LogP contribution in [-0.2, 0) is 11.2 Å². The molecule has 0 spiro atoms. The van der Waals surface area contributed by atoms with Crippen LogP contribution < -0.4 is 9.64 Å². The summed E-state index contributed by atoms with van der Waals surface area (Å²) in [4.78, 5) is 17.7. The van der Waals surface area contributed by atoms with Gasteiger partial charge in [0.15, 0.2) is 0 Å². The highest BCUT2D eigenvalue weighted by Gasteiger charge is 2.28. The molecule has 2 aromatic carbocycles. The third kappa shape index (κ3) is 2.71. The molecule has 2 N–H and O–H groups in total. The van der Waals surface area contributed by atoms with Gasteiger partial charge in [-0.05, 0) is 37.6 Å². The Morgan fingerprint density at radius 3 is 2.88 bits per heavy atom. The molecule has 5 heteroatoms. The molecular weight excluding hydrogens is 328 g/mol. The maximum atomic E-state index is 12.7. The van der Waals surface area contributed by atoms with Crippen LogP contribution in [0.15, 0.2) is 48.5 Å². The Bertz CT molecular complexity index is 1030. The number of benzene rings is 2. The third-order valence-corrected chi connectivity index (χ3v) is 4.79. The van der Waals surface area contributed by atoms with E-state index in [0.29, 0.717) is 12.1 Å². The Kier molecular flexibility index (Phi) is 3.92. The van der Waals surface area contributed by atoms with Crippen LogP contribution in [0.5, 0.6) is 5.75 Å². The number of aliphatic hydroxyl groups is 1. The highest BCUT2D eigenvalue weighted by Crippen LogP contribution is 2.36. The van der Waals surface area contributed by atoms with E-state index in [9.17, 15) is 9.90 Å². The first-order valence-electron chi connectivity index (χ1n) is 8.54. The number of anilines is 1. The molecule has 5 nitrogen and oxygen atoms in total. The lowest BCUT2D eigenvalue weighted by atomic mass is 10.1. The van der Waals surface area contributed by atoms with Crippen molar-refractivity contribution in [3.05, 3.63) is 65.2 Å². The van der Waals surface area contributed by atoms with E-state index in [0.717, 1.165) is 40.0 Å². The number of nitrogens with one attached hydrogen (secondary N) is 1. The van der Waals surface area contributed by atoms with Crippen molar-refractivity contribution in [3.8, 4) is 5.75 Å². The molecule has 0 fully saturated rings. The number of aliphatic hydroxyl groups excluding tert-OH is 1. The van der Waals surface area contributed by atoms with E-state index in [1.165, 1.54) is 6.08 Å². The molecular formula is C21H20N2O3. The van der Waals surface area contributed by atoms with Crippen molar-refractivity contribution in [2.75, 3.05) is 18.6 Å². The van der Waals surface area contributed by atoms with Gasteiger partial charge in [0.1, 0.15) is 17.3 Å². The number of rotatable bonds is 3. The van der Waals surface area contributed by atoms with Crippen molar-refractivity contribution in [3.63, 3.8) is 0 Å². The summed E-state index contributed by atoms with van der Waals surface area (Å²) in [6, 6.07) is 13.3. The van der Waals surface area contributed by atoms with Gasteiger partial charge in [0.25, 0.3) is 5.91 Å². The average Bonchev–Trinajstić information content (AvgIpc) is 3.20. The lowest BCUT2D eigenvalue weighted by molar-refractivity contribution is -0.114. The van der Waals surface area contributed by atoms with Crippen LogP contribution in [-0.4, -0.2) is 29.7 Å². The number of fused-ring (bicyclic) bond motifs is 3. The zero-order chi connectivity index (χ0) is 18.3. The number of aromatic amines is 1. The number of methoxy groups -OCH3 is 1. The Balaban J connectivity index is 1.66. The standard InChI is InChI=1S/C21H20N2O3/c1-13-4-3-5-14(10-13)19(24)12-20(25)23-9-8-16-17-11-15(26-2)6-7-18(17)22-21(16)23/h3-7,10-12,22,24H,8-9H2,1-2H3/b19-12-. The van der Waals surface area contributed by atoms with E-state index >= 15 is 0 Å². The van der Waals surface area contributed by atoms with Gasteiger partial charge in [-0.25, -0.2) is 0 Å². The van der Waals surface area contributed by atoms with Crippen LogP contribution >= 0.6 is 0 Å². The smallest absolute Gasteiger partial charge is 0.255 e. The number of aryl methyl sites for hydroxylation is 1. The van der Waals surface area contributed by atoms with Gasteiger partial charge in [-0.1, -0.05) is 23.8 Å². The summed E-state index contributed by atoms with van der Waals surface area (Å²) in [5, 5.41) is 11.4. The Labute approximate surface area is 151 Å². The van der Waals surface area contributed by atoms with Gasteiger partial charge in [-0.2, -0.15) is 0 Å². The first kappa shape index (κ1) is 16.3. The summed E-state index contributed by atoms with van der Waals surface area (Å²) < 4.78 is 5.30. The lowest BCUT2D eigenvalue weighted by Gasteiger charge is -2.14. The lowest BCUT2D eigenvalue weighted by Crippen LogP contribution is -2.27. The normalized spacial score (nSPS) is 13.9.